The summed E-state index contributed by atoms with van der Waals surface area (Å²) in [5.74, 6) is -1.23. The number of rotatable bonds is 3. The summed E-state index contributed by atoms with van der Waals surface area (Å²) in [6.45, 7) is 0. The molecule has 0 aliphatic carbocycles. The van der Waals surface area contributed by atoms with E-state index in [2.05, 4.69) is 25.3 Å². The summed E-state index contributed by atoms with van der Waals surface area (Å²) in [5.41, 5.74) is -0.968. The Hall–Kier alpha value is -3.37. The van der Waals surface area contributed by atoms with Crippen molar-refractivity contribution >= 4 is 22.5 Å². The van der Waals surface area contributed by atoms with Gasteiger partial charge in [0.1, 0.15) is 5.69 Å². The third-order valence-electron chi connectivity index (χ3n) is 3.19. The zero-order valence-electron chi connectivity index (χ0n) is 12.6. The Morgan fingerprint density at radius 3 is 2.76 bits per heavy atom. The fourth-order valence-corrected chi connectivity index (χ4v) is 2.16. The molecule has 1 aromatic carbocycles. The van der Waals surface area contributed by atoms with E-state index in [0.29, 0.717) is 0 Å². The molecule has 1 amide bonds. The fraction of sp³-hybridized carbons (Fsp3) is 0.143. The fourth-order valence-electron chi connectivity index (χ4n) is 2.16. The maximum absolute atomic E-state index is 12.4. The smallest absolute Gasteiger partial charge is 0.404 e. The molecule has 0 aliphatic rings. The van der Waals surface area contributed by atoms with E-state index in [4.69, 9.17) is 0 Å². The maximum atomic E-state index is 12.4. The van der Waals surface area contributed by atoms with Crippen LogP contribution >= 0.6 is 0 Å². The lowest BCUT2D eigenvalue weighted by atomic mass is 10.2. The zero-order valence-corrected chi connectivity index (χ0v) is 12.6. The van der Waals surface area contributed by atoms with Gasteiger partial charge in [0.05, 0.1) is 17.1 Å². The molecule has 8 nitrogen and oxygen atoms in total. The number of para-hydroxylation sites is 1. The predicted octanol–water partition coefficient (Wildman–Crippen LogP) is 1.81. The number of fused-ring (bicyclic) bond motifs is 1. The SMILES string of the molecule is Cn1cc(C(=O)Nc2c[nH]c3c(OC(F)(F)F)cccc3c2=O)nn1. The van der Waals surface area contributed by atoms with Crippen LogP contribution in [-0.4, -0.2) is 32.2 Å². The number of alkyl halides is 3. The number of carbonyl (C=O) groups excluding carboxylic acids is 1. The molecule has 2 aromatic heterocycles. The number of halogens is 3. The van der Waals surface area contributed by atoms with Crippen molar-refractivity contribution < 1.29 is 22.7 Å². The van der Waals surface area contributed by atoms with Gasteiger partial charge in [-0.15, -0.1) is 18.3 Å². The molecule has 0 spiro atoms. The van der Waals surface area contributed by atoms with Gasteiger partial charge in [-0.2, -0.15) is 0 Å². The molecule has 130 valence electrons. The molecule has 0 radical (unpaired) electrons. The van der Waals surface area contributed by atoms with Crippen LogP contribution in [0.5, 0.6) is 5.75 Å². The first-order valence-corrected chi connectivity index (χ1v) is 6.82. The molecule has 11 heteroatoms. The highest BCUT2D eigenvalue weighted by Gasteiger charge is 2.32. The Balaban J connectivity index is 1.98. The summed E-state index contributed by atoms with van der Waals surface area (Å²) in [4.78, 5) is 27.0. The highest BCUT2D eigenvalue weighted by Crippen LogP contribution is 2.28. The molecule has 3 aromatic rings. The van der Waals surface area contributed by atoms with Crippen LogP contribution in [0.2, 0.25) is 0 Å². The summed E-state index contributed by atoms with van der Waals surface area (Å²) >= 11 is 0. The quantitative estimate of drug-likeness (QED) is 0.748. The number of carbonyl (C=O) groups is 1. The van der Waals surface area contributed by atoms with Crippen LogP contribution in [0.3, 0.4) is 0 Å². The number of aryl methyl sites for hydroxylation is 1. The van der Waals surface area contributed by atoms with Gasteiger partial charge in [-0.1, -0.05) is 11.3 Å². The van der Waals surface area contributed by atoms with Crippen LogP contribution in [0.25, 0.3) is 10.9 Å². The van der Waals surface area contributed by atoms with Crippen LogP contribution < -0.4 is 15.5 Å². The van der Waals surface area contributed by atoms with Gasteiger partial charge in [0.15, 0.2) is 11.4 Å². The molecule has 0 aliphatic heterocycles. The molecule has 0 saturated heterocycles. The number of anilines is 1. The predicted molar refractivity (Wildman–Crippen MR) is 80.2 cm³/mol. The molecular weight excluding hydrogens is 343 g/mol. The van der Waals surface area contributed by atoms with Crippen molar-refractivity contribution in [3.05, 3.63) is 46.5 Å². The number of H-pyrrole nitrogens is 1. The first-order chi connectivity index (χ1) is 11.7. The maximum Gasteiger partial charge on any atom is 0.573 e. The van der Waals surface area contributed by atoms with Crippen LogP contribution in [0.15, 0.2) is 35.4 Å². The summed E-state index contributed by atoms with van der Waals surface area (Å²) in [6, 6.07) is 3.63. The minimum atomic E-state index is -4.90. The number of nitrogens with zero attached hydrogens (tertiary/aromatic N) is 3. The number of hydrogen-bond donors (Lipinski definition) is 2. The van der Waals surface area contributed by atoms with Gasteiger partial charge in [-0.05, 0) is 12.1 Å². The minimum Gasteiger partial charge on any atom is -0.404 e. The molecule has 0 fully saturated rings. The molecule has 0 saturated carbocycles. The number of ether oxygens (including phenoxy) is 1. The molecule has 0 unspecified atom stereocenters. The second-order valence-electron chi connectivity index (χ2n) is 4.99. The van der Waals surface area contributed by atoms with Crippen LogP contribution in [-0.2, 0) is 7.05 Å². The topological polar surface area (TPSA) is 102 Å². The summed E-state index contributed by atoms with van der Waals surface area (Å²) in [6.07, 6.45) is -2.47. The van der Waals surface area contributed by atoms with Gasteiger partial charge in [0.2, 0.25) is 5.43 Å². The lowest BCUT2D eigenvalue weighted by molar-refractivity contribution is -0.274. The van der Waals surface area contributed by atoms with Crippen molar-refractivity contribution in [1.29, 1.82) is 0 Å². The molecule has 25 heavy (non-hydrogen) atoms. The Morgan fingerprint density at radius 2 is 2.12 bits per heavy atom. The molecular formula is C14H10F3N5O3. The first-order valence-electron chi connectivity index (χ1n) is 6.82. The number of aromatic nitrogens is 4. The van der Waals surface area contributed by atoms with Crippen molar-refractivity contribution in [1.82, 2.24) is 20.0 Å². The average Bonchev–Trinajstić information content (AvgIpc) is 2.96. The van der Waals surface area contributed by atoms with Gasteiger partial charge in [0, 0.05) is 13.2 Å². The second-order valence-corrected chi connectivity index (χ2v) is 4.99. The summed E-state index contributed by atoms with van der Waals surface area (Å²) in [5, 5.41) is 9.46. The van der Waals surface area contributed by atoms with Crippen molar-refractivity contribution in [2.24, 2.45) is 7.05 Å². The normalized spacial score (nSPS) is 11.5. The van der Waals surface area contributed by atoms with E-state index in [1.807, 2.05) is 0 Å². The average molecular weight is 353 g/mol. The van der Waals surface area contributed by atoms with Gasteiger partial charge in [-0.25, -0.2) is 0 Å². The van der Waals surface area contributed by atoms with E-state index in [1.54, 1.807) is 7.05 Å². The third-order valence-corrected chi connectivity index (χ3v) is 3.19. The molecule has 0 atom stereocenters. The standard InChI is InChI=1S/C14H10F3N5O3/c1-22-6-9(20-21-22)13(24)19-8-5-18-11-7(12(8)23)3-2-4-10(11)25-14(15,16)17/h2-6H,1H3,(H,18,23)(H,19,24). The third kappa shape index (κ3) is 3.44. The number of pyridine rings is 1. The summed E-state index contributed by atoms with van der Waals surface area (Å²) in [7, 11) is 1.56. The van der Waals surface area contributed by atoms with Gasteiger partial charge in [-0.3, -0.25) is 14.3 Å². The molecule has 3 rings (SSSR count). The van der Waals surface area contributed by atoms with E-state index in [0.717, 1.165) is 12.3 Å². The van der Waals surface area contributed by atoms with Crippen molar-refractivity contribution in [3.63, 3.8) is 0 Å². The van der Waals surface area contributed by atoms with Crippen molar-refractivity contribution in [2.75, 3.05) is 5.32 Å². The number of aromatic amines is 1. The first kappa shape index (κ1) is 16.5. The second kappa shape index (κ2) is 5.92. The van der Waals surface area contributed by atoms with E-state index in [1.165, 1.54) is 23.0 Å². The van der Waals surface area contributed by atoms with E-state index >= 15 is 0 Å². The Kier molecular flexibility index (Phi) is 3.91. The highest BCUT2D eigenvalue weighted by atomic mass is 19.4. The number of benzene rings is 1. The Bertz CT molecular complexity index is 1010. The summed E-state index contributed by atoms with van der Waals surface area (Å²) < 4.78 is 42.5. The van der Waals surface area contributed by atoms with E-state index in [-0.39, 0.29) is 22.3 Å². The van der Waals surface area contributed by atoms with Gasteiger partial charge >= 0.3 is 6.36 Å². The monoisotopic (exact) mass is 353 g/mol. The molecule has 0 bridgehead atoms. The number of hydrogen-bond acceptors (Lipinski definition) is 5. The van der Waals surface area contributed by atoms with Gasteiger partial charge in [0.25, 0.3) is 5.91 Å². The lowest BCUT2D eigenvalue weighted by Crippen LogP contribution is -2.20. The van der Waals surface area contributed by atoms with E-state index in [9.17, 15) is 22.8 Å². The molecule has 2 N–H and O–H groups in total. The number of amides is 1. The number of nitrogens with one attached hydrogen (secondary N) is 2. The van der Waals surface area contributed by atoms with E-state index < -0.39 is 23.4 Å². The van der Waals surface area contributed by atoms with Crippen LogP contribution in [0, 0.1) is 0 Å². The molecule has 2 heterocycles. The van der Waals surface area contributed by atoms with Crippen molar-refractivity contribution in [2.45, 2.75) is 6.36 Å². The van der Waals surface area contributed by atoms with Crippen molar-refractivity contribution in [3.8, 4) is 5.75 Å². The van der Waals surface area contributed by atoms with Crippen LogP contribution in [0.1, 0.15) is 10.5 Å². The zero-order chi connectivity index (χ0) is 18.2. The Morgan fingerprint density at radius 1 is 1.36 bits per heavy atom. The minimum absolute atomic E-state index is 0.0175. The highest BCUT2D eigenvalue weighted by molar-refractivity contribution is 6.03. The van der Waals surface area contributed by atoms with Gasteiger partial charge < -0.3 is 15.0 Å². The largest absolute Gasteiger partial charge is 0.573 e. The Labute approximate surface area is 137 Å². The lowest BCUT2D eigenvalue weighted by Gasteiger charge is -2.11. The van der Waals surface area contributed by atoms with Crippen LogP contribution in [0.4, 0.5) is 18.9 Å².